The lowest BCUT2D eigenvalue weighted by atomic mass is 10.1. The van der Waals surface area contributed by atoms with Crippen molar-refractivity contribution in [2.45, 2.75) is 26.8 Å². The molecule has 0 saturated carbocycles. The number of hydrogen-bond acceptors (Lipinski definition) is 8. The third-order valence-electron chi connectivity index (χ3n) is 3.81. The predicted molar refractivity (Wildman–Crippen MR) is 117 cm³/mol. The van der Waals surface area contributed by atoms with Crippen LogP contribution >= 0.6 is 34.4 Å². The Morgan fingerprint density at radius 3 is 2.53 bits per heavy atom. The van der Waals surface area contributed by atoms with E-state index in [0.29, 0.717) is 21.5 Å². The molecule has 2 rings (SSSR count). The lowest BCUT2D eigenvalue weighted by Crippen LogP contribution is -2.42. The Morgan fingerprint density at radius 2 is 1.93 bits per heavy atom. The van der Waals surface area contributed by atoms with E-state index >= 15 is 0 Å². The van der Waals surface area contributed by atoms with Crippen LogP contribution in [-0.2, 0) is 19.1 Å². The van der Waals surface area contributed by atoms with Crippen molar-refractivity contribution in [2.24, 2.45) is 0 Å². The van der Waals surface area contributed by atoms with E-state index in [9.17, 15) is 19.2 Å². The quantitative estimate of drug-likeness (QED) is 0.282. The van der Waals surface area contributed by atoms with Gasteiger partial charge >= 0.3 is 11.9 Å². The van der Waals surface area contributed by atoms with Crippen LogP contribution in [0.3, 0.4) is 0 Å². The highest BCUT2D eigenvalue weighted by Gasteiger charge is 2.41. The summed E-state index contributed by atoms with van der Waals surface area (Å²) in [4.78, 5) is 48.7. The van der Waals surface area contributed by atoms with E-state index in [1.54, 1.807) is 26.0 Å². The maximum Gasteiger partial charge on any atom is 0.341 e. The van der Waals surface area contributed by atoms with E-state index < -0.39 is 35.7 Å². The molecule has 1 atom stereocenters. The number of ether oxygens (including phenoxy) is 3. The molecule has 1 aromatic carbocycles. The molecule has 1 N–H and O–H groups in total. The van der Waals surface area contributed by atoms with Gasteiger partial charge in [-0.25, -0.2) is 9.59 Å². The Labute approximate surface area is 190 Å². The molecule has 1 aliphatic rings. The highest BCUT2D eigenvalue weighted by Crippen LogP contribution is 2.38. The van der Waals surface area contributed by atoms with Gasteiger partial charge in [-0.15, -0.1) is 0 Å². The van der Waals surface area contributed by atoms with Crippen LogP contribution in [0.1, 0.15) is 26.3 Å². The van der Waals surface area contributed by atoms with Crippen molar-refractivity contribution in [3.63, 3.8) is 0 Å². The first kappa shape index (κ1) is 24.0. The Kier molecular flexibility index (Phi) is 8.53. The summed E-state index contributed by atoms with van der Waals surface area (Å²) in [6.45, 7) is 4.77. The van der Waals surface area contributed by atoms with Crippen molar-refractivity contribution in [1.82, 2.24) is 4.90 Å². The lowest BCUT2D eigenvalue weighted by Gasteiger charge is -2.19. The van der Waals surface area contributed by atoms with Crippen molar-refractivity contribution in [3.8, 4) is 11.5 Å². The van der Waals surface area contributed by atoms with Gasteiger partial charge < -0.3 is 19.3 Å². The van der Waals surface area contributed by atoms with Gasteiger partial charge in [0, 0.05) is 0 Å². The van der Waals surface area contributed by atoms with Crippen LogP contribution in [0, 0.1) is 3.57 Å². The highest BCUT2D eigenvalue weighted by atomic mass is 127. The van der Waals surface area contributed by atoms with Gasteiger partial charge in [0.2, 0.25) is 0 Å². The summed E-state index contributed by atoms with van der Waals surface area (Å²) in [6, 6.07) is 2.23. The van der Waals surface area contributed by atoms with Gasteiger partial charge in [0.15, 0.2) is 18.1 Å². The number of hydrogen-bond donors (Lipinski definition) is 1. The molecule has 0 bridgehead atoms. The molecule has 162 valence electrons. The summed E-state index contributed by atoms with van der Waals surface area (Å²) in [5, 5.41) is 8.28. The summed E-state index contributed by atoms with van der Waals surface area (Å²) < 4.78 is 16.3. The average molecular weight is 549 g/mol. The van der Waals surface area contributed by atoms with E-state index in [1.807, 2.05) is 22.6 Å². The van der Waals surface area contributed by atoms with Crippen molar-refractivity contribution in [2.75, 3.05) is 19.8 Å². The van der Waals surface area contributed by atoms with Crippen LogP contribution in [0.5, 0.6) is 11.5 Å². The number of thioether (sulfide) groups is 1. The highest BCUT2D eigenvalue weighted by molar-refractivity contribution is 14.1. The van der Waals surface area contributed by atoms with Crippen LogP contribution in [-0.4, -0.2) is 59.0 Å². The second kappa shape index (κ2) is 10.7. The number of amides is 2. The fourth-order valence-corrected chi connectivity index (χ4v) is 4.23. The van der Waals surface area contributed by atoms with Crippen molar-refractivity contribution in [1.29, 1.82) is 0 Å². The molecule has 1 fully saturated rings. The number of imide groups is 1. The minimum Gasteiger partial charge on any atom is -0.490 e. The Balaban J connectivity index is 2.33. The molecule has 0 aromatic heterocycles. The molecular weight excluding hydrogens is 529 g/mol. The zero-order valence-electron chi connectivity index (χ0n) is 16.5. The normalized spacial score (nSPS) is 16.0. The Bertz CT molecular complexity index is 901. The molecule has 1 saturated heterocycles. The van der Waals surface area contributed by atoms with E-state index in [1.165, 1.54) is 13.0 Å². The fourth-order valence-electron chi connectivity index (χ4n) is 2.54. The second-order valence-electron chi connectivity index (χ2n) is 5.93. The number of carboxylic acids is 1. The molecule has 1 aliphatic heterocycles. The molecule has 1 heterocycles. The molecule has 0 radical (unpaired) electrons. The number of aliphatic carboxylic acids is 1. The van der Waals surface area contributed by atoms with Gasteiger partial charge in [0.05, 0.1) is 21.7 Å². The van der Waals surface area contributed by atoms with E-state index in [2.05, 4.69) is 0 Å². The smallest absolute Gasteiger partial charge is 0.341 e. The molecule has 9 nitrogen and oxygen atoms in total. The number of halogens is 1. The van der Waals surface area contributed by atoms with E-state index in [0.717, 1.165) is 16.7 Å². The Hall–Kier alpha value is -2.28. The molecule has 0 unspecified atom stereocenters. The number of rotatable bonds is 9. The summed E-state index contributed by atoms with van der Waals surface area (Å²) in [7, 11) is 0. The van der Waals surface area contributed by atoms with E-state index in [4.69, 9.17) is 19.3 Å². The number of carbonyl (C=O) groups is 4. The van der Waals surface area contributed by atoms with Crippen molar-refractivity contribution >= 4 is 63.5 Å². The first-order chi connectivity index (χ1) is 14.2. The summed E-state index contributed by atoms with van der Waals surface area (Å²) in [5.41, 5.74) is 0.555. The molecule has 0 spiro atoms. The maximum atomic E-state index is 12.7. The first-order valence-electron chi connectivity index (χ1n) is 8.94. The van der Waals surface area contributed by atoms with Gasteiger partial charge in [-0.3, -0.25) is 14.5 Å². The third kappa shape index (κ3) is 5.65. The first-order valence-corrected chi connectivity index (χ1v) is 10.8. The monoisotopic (exact) mass is 549 g/mol. The van der Waals surface area contributed by atoms with Crippen LogP contribution in [0.25, 0.3) is 6.08 Å². The van der Waals surface area contributed by atoms with Crippen LogP contribution < -0.4 is 9.47 Å². The fraction of sp³-hybridized carbons (Fsp3) is 0.368. The average Bonchev–Trinajstić information content (AvgIpc) is 2.94. The van der Waals surface area contributed by atoms with Crippen molar-refractivity contribution < 1.29 is 38.5 Å². The van der Waals surface area contributed by atoms with Crippen molar-refractivity contribution in [3.05, 3.63) is 26.2 Å². The van der Waals surface area contributed by atoms with Crippen LogP contribution in [0.2, 0.25) is 0 Å². The molecule has 1 aromatic rings. The second-order valence-corrected chi connectivity index (χ2v) is 8.08. The Morgan fingerprint density at radius 1 is 1.23 bits per heavy atom. The van der Waals surface area contributed by atoms with Gasteiger partial charge in [0.1, 0.15) is 6.04 Å². The predicted octanol–water partition coefficient (Wildman–Crippen LogP) is 3.14. The summed E-state index contributed by atoms with van der Waals surface area (Å²) in [6.07, 6.45) is 1.51. The number of nitrogens with zero attached hydrogens (tertiary/aromatic N) is 1. The summed E-state index contributed by atoms with van der Waals surface area (Å²) >= 11 is 2.69. The summed E-state index contributed by atoms with van der Waals surface area (Å²) in [5.74, 6) is -1.78. The van der Waals surface area contributed by atoms with Crippen LogP contribution in [0.4, 0.5) is 4.79 Å². The number of carboxylic acid groups (broad SMARTS) is 1. The molecule has 2 amide bonds. The molecule has 0 aliphatic carbocycles. The molecule has 11 heteroatoms. The SMILES string of the molecule is CCOC(=O)[C@@H](C)N1C(=O)S/C(=C/c2cc(I)c(OCC(=O)O)c(OCC)c2)C1=O. The minimum atomic E-state index is -1.12. The maximum absolute atomic E-state index is 12.7. The molecular formula is C19H20INO8S. The van der Waals surface area contributed by atoms with Gasteiger partial charge in [-0.05, 0) is 78.9 Å². The number of benzene rings is 1. The standard InChI is InChI=1S/C19H20INO8S/c1-4-27-13-7-11(6-12(20)16(13)29-9-15(22)23)8-14-17(24)21(19(26)30-14)10(3)18(25)28-5-2/h6-8,10H,4-5,9H2,1-3H3,(H,22,23)/b14-8+/t10-/m1/s1. The minimum absolute atomic E-state index is 0.143. The molecule has 30 heavy (non-hydrogen) atoms. The zero-order chi connectivity index (χ0) is 22.4. The van der Waals surface area contributed by atoms with Crippen LogP contribution in [0.15, 0.2) is 17.0 Å². The zero-order valence-corrected chi connectivity index (χ0v) is 19.4. The largest absolute Gasteiger partial charge is 0.490 e. The van der Waals surface area contributed by atoms with E-state index in [-0.39, 0.29) is 17.3 Å². The van der Waals surface area contributed by atoms with Gasteiger partial charge in [-0.1, -0.05) is 0 Å². The number of carbonyl (C=O) groups excluding carboxylic acids is 3. The topological polar surface area (TPSA) is 119 Å². The van der Waals surface area contributed by atoms with Gasteiger partial charge in [0.25, 0.3) is 11.1 Å². The third-order valence-corrected chi connectivity index (χ3v) is 5.49. The van der Waals surface area contributed by atoms with Gasteiger partial charge in [-0.2, -0.15) is 0 Å². The number of esters is 1. The lowest BCUT2D eigenvalue weighted by molar-refractivity contribution is -0.150.